The molecule has 5 nitrogen and oxygen atoms in total. The Hall–Kier alpha value is -0.650. The third kappa shape index (κ3) is 4.47. The lowest BCUT2D eigenvalue weighted by Gasteiger charge is -2.27. The minimum absolute atomic E-state index is 0.310. The largest absolute Gasteiger partial charge is 0.382 e. The van der Waals surface area contributed by atoms with Crippen LogP contribution >= 0.6 is 0 Å². The molecule has 5 heteroatoms. The highest BCUT2D eigenvalue weighted by molar-refractivity contribution is 5.84. The number of hydrogen-bond donors (Lipinski definition) is 2. The Morgan fingerprint density at radius 1 is 1.44 bits per heavy atom. The lowest BCUT2D eigenvalue weighted by Crippen LogP contribution is -2.54. The molecule has 0 saturated heterocycles. The molecule has 0 radical (unpaired) electrons. The maximum Gasteiger partial charge on any atom is 0.237 e. The number of carbonyl (C=O) groups excluding carboxylic acids is 1. The number of rotatable bonds is 9. The van der Waals surface area contributed by atoms with E-state index in [4.69, 9.17) is 15.2 Å². The van der Waals surface area contributed by atoms with Gasteiger partial charge in [0.25, 0.3) is 0 Å². The summed E-state index contributed by atoms with van der Waals surface area (Å²) in [6.07, 6.45) is 2.86. The summed E-state index contributed by atoms with van der Waals surface area (Å²) in [5.74, 6) is -0.310. The third-order valence-corrected chi connectivity index (χ3v) is 2.82. The van der Waals surface area contributed by atoms with Crippen molar-refractivity contribution in [2.45, 2.75) is 37.8 Å². The average molecular weight is 230 g/mol. The van der Waals surface area contributed by atoms with Gasteiger partial charge in [0, 0.05) is 19.8 Å². The highest BCUT2D eigenvalue weighted by Crippen LogP contribution is 2.23. The van der Waals surface area contributed by atoms with Crippen LogP contribution in [-0.2, 0) is 14.3 Å². The van der Waals surface area contributed by atoms with Crippen molar-refractivity contribution in [2.75, 3.05) is 26.9 Å². The van der Waals surface area contributed by atoms with Gasteiger partial charge in [-0.2, -0.15) is 0 Å². The van der Waals surface area contributed by atoms with Gasteiger partial charge in [0.2, 0.25) is 5.91 Å². The van der Waals surface area contributed by atoms with Gasteiger partial charge in [-0.1, -0.05) is 0 Å². The second-order valence-electron chi connectivity index (χ2n) is 4.47. The second-order valence-corrected chi connectivity index (χ2v) is 4.47. The first-order chi connectivity index (χ1) is 7.58. The van der Waals surface area contributed by atoms with Crippen LogP contribution in [0.4, 0.5) is 0 Å². The standard InChI is InChI=1S/C11H22N2O3/c1-11(10(12)14,13-9-3-4-9)5-6-16-8-7-15-2/h9,13H,3-8H2,1-2H3,(H2,12,14). The quantitative estimate of drug-likeness (QED) is 0.548. The lowest BCUT2D eigenvalue weighted by molar-refractivity contribution is -0.124. The van der Waals surface area contributed by atoms with Crippen LogP contribution in [0, 0.1) is 0 Å². The van der Waals surface area contributed by atoms with Crippen LogP contribution in [0.1, 0.15) is 26.2 Å². The first kappa shape index (κ1) is 13.4. The molecule has 0 aromatic rings. The van der Waals surface area contributed by atoms with Crippen LogP contribution in [0.2, 0.25) is 0 Å². The van der Waals surface area contributed by atoms with Crippen LogP contribution in [0.5, 0.6) is 0 Å². The van der Waals surface area contributed by atoms with E-state index in [2.05, 4.69) is 5.32 Å². The van der Waals surface area contributed by atoms with E-state index in [1.54, 1.807) is 7.11 Å². The van der Waals surface area contributed by atoms with E-state index in [1.165, 1.54) is 0 Å². The summed E-state index contributed by atoms with van der Waals surface area (Å²) in [7, 11) is 1.63. The summed E-state index contributed by atoms with van der Waals surface area (Å²) in [4.78, 5) is 11.4. The highest BCUT2D eigenvalue weighted by atomic mass is 16.5. The van der Waals surface area contributed by atoms with Crippen molar-refractivity contribution in [3.05, 3.63) is 0 Å². The predicted octanol–water partition coefficient (Wildman–Crippen LogP) is 0.0355. The van der Waals surface area contributed by atoms with Crippen molar-refractivity contribution in [1.82, 2.24) is 5.32 Å². The number of carbonyl (C=O) groups is 1. The summed E-state index contributed by atoms with van der Waals surface area (Å²) < 4.78 is 10.2. The first-order valence-electron chi connectivity index (χ1n) is 5.73. The van der Waals surface area contributed by atoms with E-state index in [9.17, 15) is 4.79 Å². The van der Waals surface area contributed by atoms with Gasteiger partial charge in [0.15, 0.2) is 0 Å². The topological polar surface area (TPSA) is 73.6 Å². The van der Waals surface area contributed by atoms with E-state index in [1.807, 2.05) is 6.92 Å². The fraction of sp³-hybridized carbons (Fsp3) is 0.909. The molecule has 3 N–H and O–H groups in total. The smallest absolute Gasteiger partial charge is 0.237 e. The minimum atomic E-state index is -0.645. The van der Waals surface area contributed by atoms with Crippen molar-refractivity contribution in [2.24, 2.45) is 5.73 Å². The van der Waals surface area contributed by atoms with Crippen molar-refractivity contribution in [1.29, 1.82) is 0 Å². The third-order valence-electron chi connectivity index (χ3n) is 2.82. The van der Waals surface area contributed by atoms with Gasteiger partial charge in [-0.05, 0) is 26.2 Å². The van der Waals surface area contributed by atoms with Crippen molar-refractivity contribution >= 4 is 5.91 Å². The maximum absolute atomic E-state index is 11.4. The number of methoxy groups -OCH3 is 1. The maximum atomic E-state index is 11.4. The molecule has 16 heavy (non-hydrogen) atoms. The zero-order valence-electron chi connectivity index (χ0n) is 10.1. The first-order valence-corrected chi connectivity index (χ1v) is 5.73. The van der Waals surface area contributed by atoms with Crippen LogP contribution in [0.25, 0.3) is 0 Å². The molecule has 1 rings (SSSR count). The zero-order chi connectivity index (χ0) is 12.0. The summed E-state index contributed by atoms with van der Waals surface area (Å²) in [6.45, 7) is 3.48. The van der Waals surface area contributed by atoms with Gasteiger partial charge in [0.1, 0.15) is 0 Å². The van der Waals surface area contributed by atoms with Gasteiger partial charge in [-0.25, -0.2) is 0 Å². The van der Waals surface area contributed by atoms with Gasteiger partial charge in [-0.3, -0.25) is 4.79 Å². The van der Waals surface area contributed by atoms with Crippen LogP contribution in [0.15, 0.2) is 0 Å². The summed E-state index contributed by atoms with van der Waals surface area (Å²) in [5.41, 5.74) is 4.76. The molecule has 1 aliphatic rings. The molecule has 0 heterocycles. The number of nitrogens with one attached hydrogen (secondary N) is 1. The molecule has 1 fully saturated rings. The van der Waals surface area contributed by atoms with Crippen molar-refractivity contribution in [3.63, 3.8) is 0 Å². The van der Waals surface area contributed by atoms with Crippen LogP contribution in [0.3, 0.4) is 0 Å². The number of ether oxygens (including phenoxy) is 2. The van der Waals surface area contributed by atoms with E-state index >= 15 is 0 Å². The fourth-order valence-electron chi connectivity index (χ4n) is 1.47. The van der Waals surface area contributed by atoms with E-state index in [-0.39, 0.29) is 5.91 Å². The van der Waals surface area contributed by atoms with Crippen LogP contribution < -0.4 is 11.1 Å². The van der Waals surface area contributed by atoms with Gasteiger partial charge in [-0.15, -0.1) is 0 Å². The predicted molar refractivity (Wildman–Crippen MR) is 61.1 cm³/mol. The van der Waals surface area contributed by atoms with Gasteiger partial charge >= 0.3 is 0 Å². The fourth-order valence-corrected chi connectivity index (χ4v) is 1.47. The Labute approximate surface area is 96.7 Å². The average Bonchev–Trinajstić information content (AvgIpc) is 3.01. The molecule has 1 amide bonds. The van der Waals surface area contributed by atoms with Gasteiger partial charge in [0.05, 0.1) is 18.8 Å². The van der Waals surface area contributed by atoms with Crippen molar-refractivity contribution < 1.29 is 14.3 Å². The molecule has 0 aromatic carbocycles. The Morgan fingerprint density at radius 3 is 2.62 bits per heavy atom. The van der Waals surface area contributed by atoms with Gasteiger partial charge < -0.3 is 20.5 Å². The molecule has 94 valence electrons. The summed E-state index contributed by atoms with van der Waals surface area (Å²) in [6, 6.07) is 0.455. The Balaban J connectivity index is 2.23. The monoisotopic (exact) mass is 230 g/mol. The summed E-state index contributed by atoms with van der Waals surface area (Å²) >= 11 is 0. The highest BCUT2D eigenvalue weighted by Gasteiger charge is 2.36. The Kier molecular flexibility index (Phi) is 5.18. The molecular weight excluding hydrogens is 208 g/mol. The number of nitrogens with two attached hydrogens (primary N) is 1. The molecule has 0 aromatic heterocycles. The lowest BCUT2D eigenvalue weighted by atomic mass is 9.97. The minimum Gasteiger partial charge on any atom is -0.382 e. The Bertz CT molecular complexity index is 231. The van der Waals surface area contributed by atoms with E-state index < -0.39 is 5.54 Å². The van der Waals surface area contributed by atoms with E-state index in [0.29, 0.717) is 32.3 Å². The molecule has 0 spiro atoms. The Morgan fingerprint density at radius 2 is 2.12 bits per heavy atom. The normalized spacial score (nSPS) is 19.4. The zero-order valence-corrected chi connectivity index (χ0v) is 10.1. The second kappa shape index (κ2) is 6.18. The number of hydrogen-bond acceptors (Lipinski definition) is 4. The SMILES string of the molecule is COCCOCCC(C)(NC1CC1)C(N)=O. The van der Waals surface area contributed by atoms with Crippen LogP contribution in [-0.4, -0.2) is 44.4 Å². The molecule has 1 saturated carbocycles. The molecular formula is C11H22N2O3. The molecule has 1 unspecified atom stereocenters. The molecule has 0 bridgehead atoms. The molecule has 1 aliphatic carbocycles. The van der Waals surface area contributed by atoms with Crippen molar-refractivity contribution in [3.8, 4) is 0 Å². The number of primary amides is 1. The molecule has 1 atom stereocenters. The van der Waals surface area contributed by atoms with E-state index in [0.717, 1.165) is 12.8 Å². The number of amides is 1. The summed E-state index contributed by atoms with van der Waals surface area (Å²) in [5, 5.41) is 3.27. The molecule has 0 aliphatic heterocycles.